The van der Waals surface area contributed by atoms with Crippen molar-refractivity contribution in [2.24, 2.45) is 0 Å². The molecule has 0 bridgehead atoms. The molecule has 1 unspecified atom stereocenters. The normalized spacial score (nSPS) is 18.8. The maximum absolute atomic E-state index is 8.62. The van der Waals surface area contributed by atoms with E-state index in [1.165, 1.54) is 11.8 Å². The summed E-state index contributed by atoms with van der Waals surface area (Å²) in [6, 6.07) is 3.59. The van der Waals surface area contributed by atoms with Gasteiger partial charge in [0.25, 0.3) is 0 Å². The van der Waals surface area contributed by atoms with Gasteiger partial charge in [-0.25, -0.2) is 0 Å². The van der Waals surface area contributed by atoms with Gasteiger partial charge in [-0.05, 0) is 0 Å². The van der Waals surface area contributed by atoms with E-state index >= 15 is 0 Å². The molecule has 0 aromatic heterocycles. The van der Waals surface area contributed by atoms with Crippen LogP contribution in [-0.2, 0) is 9.47 Å². The van der Waals surface area contributed by atoms with Crippen LogP contribution in [0.15, 0.2) is 23.3 Å². The lowest BCUT2D eigenvalue weighted by Crippen LogP contribution is -2.16. The molecule has 0 amide bonds. The van der Waals surface area contributed by atoms with Crippen LogP contribution < -0.4 is 0 Å². The number of nitriles is 2. The van der Waals surface area contributed by atoms with Gasteiger partial charge in [-0.2, -0.15) is 10.5 Å². The predicted molar refractivity (Wildman–Crippen MR) is 56.6 cm³/mol. The molecule has 78 valence electrons. The highest BCUT2D eigenvalue weighted by Gasteiger charge is 2.24. The largest absolute Gasteiger partial charge is 0.479 e. The van der Waals surface area contributed by atoms with Crippen LogP contribution in [-0.4, -0.2) is 25.1 Å². The van der Waals surface area contributed by atoms with Crippen molar-refractivity contribution in [2.75, 3.05) is 19.0 Å². The Morgan fingerprint density at radius 2 is 2.40 bits per heavy atom. The van der Waals surface area contributed by atoms with Crippen molar-refractivity contribution >= 4 is 11.8 Å². The van der Waals surface area contributed by atoms with Crippen molar-refractivity contribution in [1.29, 1.82) is 10.5 Å². The number of hydrogen-bond donors (Lipinski definition) is 0. The lowest BCUT2D eigenvalue weighted by Gasteiger charge is -2.08. The molecular formula is C10H10N2O2S. The third kappa shape index (κ3) is 3.32. The van der Waals surface area contributed by atoms with Crippen molar-refractivity contribution < 1.29 is 9.47 Å². The monoisotopic (exact) mass is 222 g/mol. The van der Waals surface area contributed by atoms with Gasteiger partial charge in [-0.1, -0.05) is 17.8 Å². The molecule has 1 aliphatic rings. The summed E-state index contributed by atoms with van der Waals surface area (Å²) in [6.07, 6.45) is 1.58. The Bertz CT molecular complexity index is 335. The molecule has 0 N–H and O–H groups in total. The van der Waals surface area contributed by atoms with E-state index in [-0.39, 0.29) is 11.7 Å². The molecule has 0 spiro atoms. The second-order valence-corrected chi connectivity index (χ2v) is 3.76. The molecule has 0 radical (unpaired) electrons. The fourth-order valence-electron chi connectivity index (χ4n) is 1.00. The van der Waals surface area contributed by atoms with Crippen molar-refractivity contribution in [3.8, 4) is 12.1 Å². The molecule has 1 fully saturated rings. The number of hydrogen-bond acceptors (Lipinski definition) is 5. The summed E-state index contributed by atoms with van der Waals surface area (Å²) in [7, 11) is 0. The summed E-state index contributed by atoms with van der Waals surface area (Å²) in [6.45, 7) is 4.46. The summed E-state index contributed by atoms with van der Waals surface area (Å²) >= 11 is 1.37. The Balaban J connectivity index is 2.46. The standard InChI is InChI=1S/C10H10N2O2S/c1-2-3-13-6-9-7-15-10(14-9)8(4-11)5-12/h2,9H,1,3,6-7H2. The van der Waals surface area contributed by atoms with Gasteiger partial charge in [-0.3, -0.25) is 0 Å². The summed E-state index contributed by atoms with van der Waals surface area (Å²) in [5, 5.41) is 17.6. The molecule has 0 aromatic carbocycles. The molecule has 0 aromatic rings. The van der Waals surface area contributed by atoms with E-state index in [9.17, 15) is 0 Å². The fraction of sp³-hybridized carbons (Fsp3) is 0.400. The second kappa shape index (κ2) is 6.13. The van der Waals surface area contributed by atoms with Crippen LogP contribution in [0.1, 0.15) is 0 Å². The molecule has 1 atom stereocenters. The number of allylic oxidation sites excluding steroid dienone is 1. The molecule has 15 heavy (non-hydrogen) atoms. The first-order chi connectivity index (χ1) is 7.31. The topological polar surface area (TPSA) is 66.0 Å². The average Bonchev–Trinajstić information content (AvgIpc) is 2.69. The van der Waals surface area contributed by atoms with Gasteiger partial charge in [0, 0.05) is 5.75 Å². The van der Waals surface area contributed by atoms with Gasteiger partial charge in [0.05, 0.1) is 13.2 Å². The summed E-state index contributed by atoms with van der Waals surface area (Å²) in [5.74, 6) is 0.708. The van der Waals surface area contributed by atoms with Crippen molar-refractivity contribution in [2.45, 2.75) is 6.10 Å². The quantitative estimate of drug-likeness (QED) is 0.410. The number of rotatable bonds is 4. The maximum Gasteiger partial charge on any atom is 0.182 e. The van der Waals surface area contributed by atoms with E-state index < -0.39 is 0 Å². The minimum Gasteiger partial charge on any atom is -0.479 e. The van der Waals surface area contributed by atoms with Crippen LogP contribution in [0.4, 0.5) is 0 Å². The number of nitrogens with zero attached hydrogens (tertiary/aromatic N) is 2. The first kappa shape index (κ1) is 11.6. The molecular weight excluding hydrogens is 212 g/mol. The lowest BCUT2D eigenvalue weighted by atomic mass is 10.4. The van der Waals surface area contributed by atoms with Gasteiger partial charge in [-0.15, -0.1) is 6.58 Å². The summed E-state index contributed by atoms with van der Waals surface area (Å²) in [4.78, 5) is 0. The van der Waals surface area contributed by atoms with E-state index in [4.69, 9.17) is 20.0 Å². The SMILES string of the molecule is C=CCOCC1CSC(=C(C#N)C#N)O1. The van der Waals surface area contributed by atoms with Crippen LogP contribution >= 0.6 is 11.8 Å². The molecule has 1 rings (SSSR count). The smallest absolute Gasteiger partial charge is 0.182 e. The number of ether oxygens (including phenoxy) is 2. The molecule has 0 aliphatic carbocycles. The molecule has 1 saturated heterocycles. The summed E-state index contributed by atoms with van der Waals surface area (Å²) in [5.41, 5.74) is 0.0335. The van der Waals surface area contributed by atoms with Crippen molar-refractivity contribution in [1.82, 2.24) is 0 Å². The van der Waals surface area contributed by atoms with E-state index in [2.05, 4.69) is 6.58 Å². The van der Waals surface area contributed by atoms with Crippen molar-refractivity contribution in [3.63, 3.8) is 0 Å². The second-order valence-electron chi connectivity index (χ2n) is 2.76. The first-order valence-corrected chi connectivity index (χ1v) is 5.33. The van der Waals surface area contributed by atoms with Crippen LogP contribution in [0.2, 0.25) is 0 Å². The van der Waals surface area contributed by atoms with Crippen LogP contribution in [0.5, 0.6) is 0 Å². The predicted octanol–water partition coefficient (Wildman–Crippen LogP) is 1.58. The Morgan fingerprint density at radius 3 is 3.00 bits per heavy atom. The Kier molecular flexibility index (Phi) is 4.76. The molecule has 1 aliphatic heterocycles. The van der Waals surface area contributed by atoms with E-state index in [0.717, 1.165) is 0 Å². The maximum atomic E-state index is 8.62. The third-order valence-electron chi connectivity index (χ3n) is 1.64. The molecule has 1 heterocycles. The minimum atomic E-state index is -0.0818. The Morgan fingerprint density at radius 1 is 1.67 bits per heavy atom. The highest BCUT2D eigenvalue weighted by molar-refractivity contribution is 8.03. The molecule has 4 nitrogen and oxygen atoms in total. The minimum absolute atomic E-state index is 0.0335. The Labute approximate surface area is 92.8 Å². The van der Waals surface area contributed by atoms with Crippen LogP contribution in [0, 0.1) is 22.7 Å². The van der Waals surface area contributed by atoms with Gasteiger partial charge >= 0.3 is 0 Å². The van der Waals surface area contributed by atoms with Gasteiger partial charge in [0.15, 0.2) is 10.7 Å². The highest BCUT2D eigenvalue weighted by atomic mass is 32.2. The van der Waals surface area contributed by atoms with Gasteiger partial charge < -0.3 is 9.47 Å². The van der Waals surface area contributed by atoms with E-state index in [0.29, 0.717) is 24.1 Å². The zero-order valence-electron chi connectivity index (χ0n) is 8.10. The first-order valence-electron chi connectivity index (χ1n) is 4.34. The van der Waals surface area contributed by atoms with Gasteiger partial charge in [0.2, 0.25) is 0 Å². The van der Waals surface area contributed by atoms with E-state index in [1.54, 1.807) is 18.2 Å². The Hall–Kier alpha value is -1.43. The molecule has 5 heteroatoms. The fourth-order valence-corrected chi connectivity index (χ4v) is 1.94. The van der Waals surface area contributed by atoms with Crippen LogP contribution in [0.3, 0.4) is 0 Å². The van der Waals surface area contributed by atoms with Gasteiger partial charge in [0.1, 0.15) is 18.2 Å². The third-order valence-corrected chi connectivity index (χ3v) is 2.74. The highest BCUT2D eigenvalue weighted by Crippen LogP contribution is 2.31. The zero-order chi connectivity index (χ0) is 11.1. The van der Waals surface area contributed by atoms with E-state index in [1.807, 2.05) is 0 Å². The van der Waals surface area contributed by atoms with Crippen molar-refractivity contribution in [3.05, 3.63) is 23.3 Å². The van der Waals surface area contributed by atoms with Crippen LogP contribution in [0.25, 0.3) is 0 Å². The summed E-state index contributed by atoms with van der Waals surface area (Å²) < 4.78 is 10.6. The number of thioether (sulfide) groups is 1. The zero-order valence-corrected chi connectivity index (χ0v) is 8.92. The average molecular weight is 222 g/mol. The lowest BCUT2D eigenvalue weighted by molar-refractivity contribution is 0.0541. The molecule has 0 saturated carbocycles.